The molecule has 0 spiro atoms. The lowest BCUT2D eigenvalue weighted by atomic mass is 9.84. The molecule has 1 aliphatic carbocycles. The number of carbonyl (C=O) groups excluding carboxylic acids is 3. The van der Waals surface area contributed by atoms with Crippen molar-refractivity contribution >= 4 is 35.2 Å². The van der Waals surface area contributed by atoms with Crippen LogP contribution in [0.2, 0.25) is 5.02 Å². The fourth-order valence-corrected chi connectivity index (χ4v) is 6.02. The first kappa shape index (κ1) is 30.1. The third kappa shape index (κ3) is 7.78. The second-order valence-corrected chi connectivity index (χ2v) is 12.4. The molecule has 38 heavy (non-hydrogen) atoms. The third-order valence-corrected chi connectivity index (χ3v) is 7.94. The summed E-state index contributed by atoms with van der Waals surface area (Å²) in [5.41, 5.74) is 1.83. The van der Waals surface area contributed by atoms with Gasteiger partial charge in [-0.2, -0.15) is 0 Å². The van der Waals surface area contributed by atoms with Crippen LogP contribution in [0.5, 0.6) is 0 Å². The van der Waals surface area contributed by atoms with E-state index in [2.05, 4.69) is 34.7 Å². The number of carbonyl (C=O) groups is 3. The Bertz CT molecular complexity index is 1020. The molecular weight excluding hydrogens is 504 g/mol. The monoisotopic (exact) mass is 548 g/mol. The summed E-state index contributed by atoms with van der Waals surface area (Å²) in [5.74, 6) is -0.267. The summed E-state index contributed by atoms with van der Waals surface area (Å²) in [5, 5.41) is 9.49. The number of anilines is 1. The molecule has 3 N–H and O–H groups in total. The van der Waals surface area contributed by atoms with Crippen molar-refractivity contribution in [3.8, 4) is 0 Å². The second kappa shape index (κ2) is 12.6. The predicted octanol–water partition coefficient (Wildman–Crippen LogP) is 5.20. The van der Waals surface area contributed by atoms with Crippen molar-refractivity contribution in [2.75, 3.05) is 18.0 Å². The molecule has 1 aliphatic heterocycles. The minimum absolute atomic E-state index is 0.00558. The molecule has 3 rings (SSSR count). The summed E-state index contributed by atoms with van der Waals surface area (Å²) < 4.78 is 5.41. The van der Waals surface area contributed by atoms with Gasteiger partial charge in [-0.05, 0) is 97.3 Å². The molecule has 0 radical (unpaired) electrons. The number of halogens is 1. The van der Waals surface area contributed by atoms with Gasteiger partial charge in [-0.25, -0.2) is 4.79 Å². The van der Waals surface area contributed by atoms with Crippen molar-refractivity contribution in [2.45, 2.75) is 104 Å². The van der Waals surface area contributed by atoms with Crippen LogP contribution < -0.4 is 20.9 Å². The standard InChI is InChI=1S/C29H45ClN4O4/c1-8-34(22-11-9-21(10-12-22)33-28(37)38-29(5,6)7)25-15-20(30)14-23(19(25)4)26(35)31-16-24-17(2)13-18(3)32-27(24)36/h14-15,17-18,21-22,24H,8-13,16H2,1-7H3,(H,31,35)(H,32,36)(H,33,37). The maximum absolute atomic E-state index is 13.3. The Balaban J connectivity index is 1.66. The molecule has 1 saturated carbocycles. The van der Waals surface area contributed by atoms with Gasteiger partial charge in [0.25, 0.3) is 5.91 Å². The highest BCUT2D eigenvalue weighted by atomic mass is 35.5. The van der Waals surface area contributed by atoms with Crippen LogP contribution in [0.3, 0.4) is 0 Å². The maximum Gasteiger partial charge on any atom is 0.407 e. The predicted molar refractivity (Wildman–Crippen MR) is 152 cm³/mol. The number of alkyl carbamates (subject to hydrolysis) is 1. The van der Waals surface area contributed by atoms with Gasteiger partial charge in [-0.15, -0.1) is 0 Å². The summed E-state index contributed by atoms with van der Waals surface area (Å²) in [6.45, 7) is 14.8. The Labute approximate surface area is 232 Å². The van der Waals surface area contributed by atoms with Gasteiger partial charge in [0.2, 0.25) is 5.91 Å². The Morgan fingerprint density at radius 3 is 2.39 bits per heavy atom. The molecule has 1 heterocycles. The fourth-order valence-electron chi connectivity index (χ4n) is 5.81. The van der Waals surface area contributed by atoms with Crippen LogP contribution in [-0.4, -0.2) is 54.7 Å². The van der Waals surface area contributed by atoms with E-state index in [-0.39, 0.29) is 47.9 Å². The summed E-state index contributed by atoms with van der Waals surface area (Å²) in [4.78, 5) is 40.2. The molecule has 212 valence electrons. The molecule has 2 fully saturated rings. The van der Waals surface area contributed by atoms with Gasteiger partial charge >= 0.3 is 6.09 Å². The lowest BCUT2D eigenvalue weighted by molar-refractivity contribution is -0.129. The number of benzene rings is 1. The van der Waals surface area contributed by atoms with E-state index in [1.807, 2.05) is 40.7 Å². The van der Waals surface area contributed by atoms with Gasteiger partial charge in [-0.1, -0.05) is 18.5 Å². The Morgan fingerprint density at radius 1 is 1.16 bits per heavy atom. The van der Waals surface area contributed by atoms with E-state index in [0.29, 0.717) is 17.1 Å². The van der Waals surface area contributed by atoms with Gasteiger partial charge in [0.1, 0.15) is 5.60 Å². The average Bonchev–Trinajstić information content (AvgIpc) is 2.80. The normalized spacial score (nSPS) is 25.8. The van der Waals surface area contributed by atoms with E-state index in [1.165, 1.54) is 0 Å². The zero-order valence-electron chi connectivity index (χ0n) is 23.9. The Morgan fingerprint density at radius 2 is 1.82 bits per heavy atom. The largest absolute Gasteiger partial charge is 0.444 e. The lowest BCUT2D eigenvalue weighted by Gasteiger charge is -2.39. The molecule has 1 aromatic rings. The van der Waals surface area contributed by atoms with Crippen molar-refractivity contribution in [1.82, 2.24) is 16.0 Å². The van der Waals surface area contributed by atoms with E-state index in [4.69, 9.17) is 16.3 Å². The zero-order valence-corrected chi connectivity index (χ0v) is 24.7. The molecule has 1 aromatic carbocycles. The molecule has 0 aromatic heterocycles. The number of rotatable bonds is 7. The van der Waals surface area contributed by atoms with Crippen LogP contribution >= 0.6 is 11.6 Å². The molecule has 9 heteroatoms. The molecule has 2 aliphatic rings. The smallest absolute Gasteiger partial charge is 0.407 e. The molecule has 0 bridgehead atoms. The van der Waals surface area contributed by atoms with Gasteiger partial charge < -0.3 is 25.6 Å². The minimum atomic E-state index is -0.520. The molecule has 8 nitrogen and oxygen atoms in total. The summed E-state index contributed by atoms with van der Waals surface area (Å²) in [7, 11) is 0. The number of nitrogens with zero attached hydrogens (tertiary/aromatic N) is 1. The highest BCUT2D eigenvalue weighted by molar-refractivity contribution is 6.31. The molecule has 3 unspecified atom stereocenters. The molecule has 1 saturated heterocycles. The average molecular weight is 549 g/mol. The van der Waals surface area contributed by atoms with Crippen LogP contribution in [0.25, 0.3) is 0 Å². The highest BCUT2D eigenvalue weighted by Gasteiger charge is 2.33. The van der Waals surface area contributed by atoms with Crippen LogP contribution in [-0.2, 0) is 9.53 Å². The maximum atomic E-state index is 13.3. The van der Waals surface area contributed by atoms with Gasteiger partial charge in [0.05, 0.1) is 5.92 Å². The Kier molecular flexibility index (Phi) is 9.96. The first-order valence-electron chi connectivity index (χ1n) is 13.9. The second-order valence-electron chi connectivity index (χ2n) is 12.0. The summed E-state index contributed by atoms with van der Waals surface area (Å²) in [6, 6.07) is 4.16. The molecule has 3 amide bonds. The SMILES string of the molecule is CCN(c1cc(Cl)cc(C(=O)NCC2C(=O)NC(C)CC2C)c1C)C1CCC(NC(=O)OC(C)(C)C)CC1. The first-order chi connectivity index (χ1) is 17.8. The van der Waals surface area contributed by atoms with Gasteiger partial charge in [0, 0.05) is 47.5 Å². The highest BCUT2D eigenvalue weighted by Crippen LogP contribution is 2.33. The summed E-state index contributed by atoms with van der Waals surface area (Å²) >= 11 is 6.52. The number of amides is 3. The topological polar surface area (TPSA) is 99.8 Å². The van der Waals surface area contributed by atoms with E-state index in [1.54, 1.807) is 6.07 Å². The zero-order chi connectivity index (χ0) is 28.2. The van der Waals surface area contributed by atoms with Gasteiger partial charge in [0.15, 0.2) is 0 Å². The van der Waals surface area contributed by atoms with Crippen molar-refractivity contribution in [2.24, 2.45) is 11.8 Å². The van der Waals surface area contributed by atoms with E-state index >= 15 is 0 Å². The van der Waals surface area contributed by atoms with Gasteiger partial charge in [-0.3, -0.25) is 9.59 Å². The Hall–Kier alpha value is -2.48. The number of nitrogens with one attached hydrogen (secondary N) is 3. The van der Waals surface area contributed by atoms with Crippen molar-refractivity contribution in [3.05, 3.63) is 28.3 Å². The van der Waals surface area contributed by atoms with Crippen LogP contribution in [0.1, 0.15) is 89.6 Å². The first-order valence-corrected chi connectivity index (χ1v) is 14.3. The van der Waals surface area contributed by atoms with Crippen LogP contribution in [0.4, 0.5) is 10.5 Å². The van der Waals surface area contributed by atoms with Crippen LogP contribution in [0.15, 0.2) is 12.1 Å². The quantitative estimate of drug-likeness (QED) is 0.435. The van der Waals surface area contributed by atoms with E-state index < -0.39 is 5.60 Å². The van der Waals surface area contributed by atoms with E-state index in [0.717, 1.165) is 49.9 Å². The van der Waals surface area contributed by atoms with Crippen LogP contribution in [0, 0.1) is 18.8 Å². The van der Waals surface area contributed by atoms with Crippen molar-refractivity contribution in [3.63, 3.8) is 0 Å². The number of hydrogen-bond acceptors (Lipinski definition) is 5. The summed E-state index contributed by atoms with van der Waals surface area (Å²) in [6.07, 6.45) is 4.06. The fraction of sp³-hybridized carbons (Fsp3) is 0.690. The van der Waals surface area contributed by atoms with Crippen molar-refractivity contribution in [1.29, 1.82) is 0 Å². The number of hydrogen-bond donors (Lipinski definition) is 3. The lowest BCUT2D eigenvalue weighted by Crippen LogP contribution is -2.50. The number of ether oxygens (including phenoxy) is 1. The molecule has 3 atom stereocenters. The van der Waals surface area contributed by atoms with E-state index in [9.17, 15) is 14.4 Å². The van der Waals surface area contributed by atoms with Crippen molar-refractivity contribution < 1.29 is 19.1 Å². The third-order valence-electron chi connectivity index (χ3n) is 7.72. The number of piperidine rings is 1. The minimum Gasteiger partial charge on any atom is -0.444 e. The molecular formula is C29H45ClN4O4.